The number of ether oxygens (including phenoxy) is 1. The second kappa shape index (κ2) is 11.0. The van der Waals surface area contributed by atoms with Gasteiger partial charge in [-0.3, -0.25) is 9.59 Å². The van der Waals surface area contributed by atoms with Gasteiger partial charge in [0.05, 0.1) is 6.20 Å². The second-order valence-electron chi connectivity index (χ2n) is 14.0. The molecular weight excluding hydrogens is 665 g/mol. The summed E-state index contributed by atoms with van der Waals surface area (Å²) in [5.74, 6) is 2.64. The Labute approximate surface area is 297 Å². The number of fused-ring (bicyclic) bond motifs is 7. The van der Waals surface area contributed by atoms with Crippen LogP contribution in [-0.2, 0) is 16.6 Å². The van der Waals surface area contributed by atoms with Crippen molar-refractivity contribution < 1.29 is 23.2 Å². The van der Waals surface area contributed by atoms with Gasteiger partial charge in [-0.1, -0.05) is 75.0 Å². The number of aromatic nitrogens is 3. The molecule has 4 aliphatic rings. The van der Waals surface area contributed by atoms with Crippen molar-refractivity contribution in [1.29, 1.82) is 0 Å². The molecule has 4 atom stereocenters. The van der Waals surface area contributed by atoms with Gasteiger partial charge in [0.1, 0.15) is 23.2 Å². The van der Waals surface area contributed by atoms with E-state index in [9.17, 15) is 9.59 Å². The van der Waals surface area contributed by atoms with Crippen molar-refractivity contribution in [2.45, 2.75) is 57.3 Å². The highest BCUT2D eigenvalue weighted by Crippen LogP contribution is 2.61. The van der Waals surface area contributed by atoms with E-state index in [1.54, 1.807) is 6.20 Å². The zero-order valence-corrected chi connectivity index (χ0v) is 28.9. The number of oxazole rings is 2. The lowest BCUT2D eigenvalue weighted by molar-refractivity contribution is -0.124. The molecule has 7 heterocycles. The third-order valence-electron chi connectivity index (χ3n) is 10.6. The minimum atomic E-state index is -1.01. The summed E-state index contributed by atoms with van der Waals surface area (Å²) in [6, 6.07) is 17.1. The Morgan fingerprint density at radius 2 is 1.92 bits per heavy atom. The Bertz CT molecular complexity index is 2430. The van der Waals surface area contributed by atoms with Gasteiger partial charge in [0.25, 0.3) is 5.24 Å². The topological polar surface area (TPSA) is 147 Å². The summed E-state index contributed by atoms with van der Waals surface area (Å²) in [5.41, 5.74) is 6.96. The van der Waals surface area contributed by atoms with Crippen LogP contribution in [0, 0.1) is 5.92 Å². The molecule has 11 nitrogen and oxygen atoms in total. The van der Waals surface area contributed by atoms with Gasteiger partial charge in [-0.25, -0.2) is 9.97 Å². The number of H-pyrrole nitrogens is 1. The lowest BCUT2D eigenvalue weighted by Gasteiger charge is -2.28. The first-order valence-corrected chi connectivity index (χ1v) is 18.4. The molecule has 10 bridgehead atoms. The van der Waals surface area contributed by atoms with Gasteiger partial charge in [-0.15, -0.1) is 0 Å². The molecule has 256 valence electrons. The maximum absolute atomic E-state index is 14.1. The second-order valence-corrected chi connectivity index (χ2v) is 15.0. The molecule has 6 aromatic rings. The largest absolute Gasteiger partial charge is 0.469 e. The van der Waals surface area contributed by atoms with Crippen LogP contribution < -0.4 is 20.7 Å². The average Bonchev–Trinajstić information content (AvgIpc) is 3.95. The molecule has 0 aliphatic carbocycles. The van der Waals surface area contributed by atoms with Gasteiger partial charge in [0, 0.05) is 57.2 Å². The van der Waals surface area contributed by atoms with E-state index in [0.717, 1.165) is 56.4 Å². The van der Waals surface area contributed by atoms with E-state index in [-0.39, 0.29) is 23.5 Å². The predicted molar refractivity (Wildman–Crippen MR) is 194 cm³/mol. The van der Waals surface area contributed by atoms with Gasteiger partial charge < -0.3 is 34.5 Å². The summed E-state index contributed by atoms with van der Waals surface area (Å²) >= 11 is 1.18. The Balaban J connectivity index is 1.28. The van der Waals surface area contributed by atoms with Crippen molar-refractivity contribution in [3.05, 3.63) is 95.3 Å². The van der Waals surface area contributed by atoms with Crippen LogP contribution >= 0.6 is 11.8 Å². The molecule has 3 aromatic carbocycles. The monoisotopic (exact) mass is 698 g/mol. The first-order valence-electron chi connectivity index (χ1n) is 17.4. The van der Waals surface area contributed by atoms with Crippen LogP contribution in [-0.4, -0.2) is 44.1 Å². The van der Waals surface area contributed by atoms with Crippen LogP contribution in [0.2, 0.25) is 0 Å². The summed E-state index contributed by atoms with van der Waals surface area (Å²) in [7, 11) is 0. The number of thioether (sulfide) groups is 1. The van der Waals surface area contributed by atoms with Crippen molar-refractivity contribution in [2.75, 3.05) is 11.1 Å². The molecule has 1 spiro atoms. The van der Waals surface area contributed by atoms with Crippen molar-refractivity contribution in [2.24, 2.45) is 5.92 Å². The van der Waals surface area contributed by atoms with Gasteiger partial charge >= 0.3 is 0 Å². The highest BCUT2D eigenvalue weighted by atomic mass is 32.2. The van der Waals surface area contributed by atoms with Crippen LogP contribution in [0.25, 0.3) is 44.9 Å². The number of para-hydroxylation sites is 1. The first kappa shape index (κ1) is 30.3. The fourth-order valence-electron chi connectivity index (χ4n) is 8.24. The van der Waals surface area contributed by atoms with E-state index in [1.165, 1.54) is 11.8 Å². The maximum atomic E-state index is 14.1. The number of amides is 2. The van der Waals surface area contributed by atoms with E-state index in [0.29, 0.717) is 40.5 Å². The van der Waals surface area contributed by atoms with Crippen LogP contribution in [0.5, 0.6) is 5.75 Å². The number of carbonyl (C=O) groups excluding carboxylic acids is 2. The van der Waals surface area contributed by atoms with E-state index in [4.69, 9.17) is 23.5 Å². The van der Waals surface area contributed by atoms with Crippen molar-refractivity contribution in [3.63, 3.8) is 0 Å². The molecule has 0 saturated carbocycles. The zero-order valence-electron chi connectivity index (χ0n) is 28.1. The number of anilines is 1. The molecular formula is C39H34N6O5S. The molecule has 10 rings (SSSR count). The molecule has 51 heavy (non-hydrogen) atoms. The highest BCUT2D eigenvalue weighted by Gasteiger charge is 2.61. The average molecular weight is 699 g/mol. The number of benzene rings is 3. The van der Waals surface area contributed by atoms with Gasteiger partial charge in [0.2, 0.25) is 17.7 Å². The highest BCUT2D eigenvalue weighted by molar-refractivity contribution is 8.13. The summed E-state index contributed by atoms with van der Waals surface area (Å²) in [6.07, 6.45) is 4.20. The molecule has 0 saturated heterocycles. The lowest BCUT2D eigenvalue weighted by Crippen LogP contribution is -2.48. The van der Waals surface area contributed by atoms with Crippen LogP contribution in [0.15, 0.2) is 75.8 Å². The van der Waals surface area contributed by atoms with Crippen molar-refractivity contribution in [1.82, 2.24) is 25.6 Å². The number of nitrogens with zero attached hydrogens (tertiary/aromatic N) is 2. The van der Waals surface area contributed by atoms with Gasteiger partial charge in [-0.2, -0.15) is 0 Å². The van der Waals surface area contributed by atoms with Crippen LogP contribution in [0.4, 0.5) is 10.5 Å². The van der Waals surface area contributed by atoms with E-state index in [1.807, 2.05) is 45.2 Å². The van der Waals surface area contributed by atoms with Crippen LogP contribution in [0.3, 0.4) is 0 Å². The van der Waals surface area contributed by atoms with E-state index in [2.05, 4.69) is 57.3 Å². The fraction of sp³-hybridized carbons (Fsp3) is 0.282. The molecule has 12 heteroatoms. The maximum Gasteiger partial charge on any atom is 0.279 e. The molecule has 4 N–H and O–H groups in total. The Morgan fingerprint density at radius 3 is 2.78 bits per heavy atom. The molecule has 0 fully saturated rings. The van der Waals surface area contributed by atoms with E-state index < -0.39 is 23.7 Å². The third-order valence-corrected chi connectivity index (χ3v) is 11.6. The van der Waals surface area contributed by atoms with Gasteiger partial charge in [-0.05, 0) is 35.6 Å². The number of aromatic amines is 1. The molecule has 0 radical (unpaired) electrons. The minimum Gasteiger partial charge on any atom is -0.469 e. The first-order chi connectivity index (χ1) is 24.8. The Morgan fingerprint density at radius 1 is 1.06 bits per heavy atom. The summed E-state index contributed by atoms with van der Waals surface area (Å²) in [6.45, 7) is 6.03. The Kier molecular flexibility index (Phi) is 6.55. The molecule has 3 aromatic heterocycles. The number of carbonyl (C=O) groups is 2. The van der Waals surface area contributed by atoms with Crippen molar-refractivity contribution in [3.8, 4) is 39.8 Å². The summed E-state index contributed by atoms with van der Waals surface area (Å²) in [5, 5.41) is 10.7. The quantitative estimate of drug-likeness (QED) is 0.147. The molecule has 4 aliphatic heterocycles. The van der Waals surface area contributed by atoms with E-state index >= 15 is 0 Å². The molecule has 2 amide bonds. The normalized spacial score (nSPS) is 22.0. The SMILES string of the molecule is CCCSC(=O)N[C@H]1Cc2ccc3c(c2)[C@]24c5cccc(c5NC2O3)-c2cccc3[nH]cc(c23)-c2cnc(o2)-c2nc(oc24)[C@H](C(C)C)NC1=O. The number of hydrogen-bond acceptors (Lipinski definition) is 9. The predicted octanol–water partition coefficient (Wildman–Crippen LogP) is 7.53. The molecule has 1 unspecified atom stereocenters. The summed E-state index contributed by atoms with van der Waals surface area (Å²) in [4.78, 5) is 40.5. The number of rotatable bonds is 4. The lowest BCUT2D eigenvalue weighted by atomic mass is 9.72. The third kappa shape index (κ3) is 4.25. The minimum absolute atomic E-state index is 0.117. The zero-order chi connectivity index (χ0) is 34.6. The number of nitrogens with one attached hydrogen (secondary N) is 4. The fourth-order valence-corrected chi connectivity index (χ4v) is 8.85. The number of hydrogen-bond donors (Lipinski definition) is 4. The van der Waals surface area contributed by atoms with Crippen LogP contribution in [0.1, 0.15) is 61.6 Å². The Hall–Kier alpha value is -5.49. The summed E-state index contributed by atoms with van der Waals surface area (Å²) < 4.78 is 20.4. The standard InChI is InChI=1S/C39H34N6O5S/c1-4-13-51-38(47)42-26-15-19-11-12-27-24(14-19)39-23-9-5-8-21(31(23)45-37(39)49-27)20-7-6-10-25-29(20)22(16-40-25)28-17-41-35(48-28)32-33(39)50-36(44-32)30(18(2)3)43-34(26)46/h5-12,14,16-18,26,30,37,40,45H,4,13,15H2,1-3H3,(H,42,47)(H,43,46)/t26-,30-,37?,39-/m0/s1. The smallest absolute Gasteiger partial charge is 0.279 e. The van der Waals surface area contributed by atoms with Crippen molar-refractivity contribution >= 4 is 39.5 Å². The van der Waals surface area contributed by atoms with Gasteiger partial charge in [0.15, 0.2) is 23.4 Å².